The monoisotopic (exact) mass is 924 g/mol. The van der Waals surface area contributed by atoms with Gasteiger partial charge in [-0.1, -0.05) is 182 Å². The third kappa shape index (κ3) is 19.3. The molecule has 0 aliphatic rings. The minimum absolute atomic E-state index is 1.10. The van der Waals surface area contributed by atoms with Crippen molar-refractivity contribution in [2.45, 2.75) is 125 Å². The fourth-order valence-electron chi connectivity index (χ4n) is 6.16. The molecule has 0 bridgehead atoms. The minimum atomic E-state index is -1.14. The van der Waals surface area contributed by atoms with Gasteiger partial charge in [-0.25, -0.2) is 0 Å². The molecule has 0 fully saturated rings. The normalized spacial score (nSPS) is 13.0. The van der Waals surface area contributed by atoms with Gasteiger partial charge in [0.05, 0.1) is 16.1 Å². The van der Waals surface area contributed by atoms with Crippen molar-refractivity contribution in [3.8, 4) is 0 Å². The van der Waals surface area contributed by atoms with Crippen LogP contribution in [0.1, 0.15) is 51.4 Å². The van der Waals surface area contributed by atoms with Crippen LogP contribution >= 0.6 is 95.6 Å². The van der Waals surface area contributed by atoms with Gasteiger partial charge in [0.1, 0.15) is 0 Å². The maximum absolute atomic E-state index is 3.74. The molecule has 0 spiro atoms. The van der Waals surface area contributed by atoms with Crippen LogP contribution in [0.3, 0.4) is 0 Å². The molecule has 0 aliphatic heterocycles. The van der Waals surface area contributed by atoms with Crippen LogP contribution in [0.4, 0.5) is 0 Å². The summed E-state index contributed by atoms with van der Waals surface area (Å²) in [4.78, 5) is 0. The lowest BCUT2D eigenvalue weighted by Gasteiger charge is -2.35. The first kappa shape index (κ1) is 38.5. The Kier molecular flexibility index (Phi) is 26.6. The van der Waals surface area contributed by atoms with Gasteiger partial charge in [-0.3, -0.25) is 0 Å². The lowest BCUT2D eigenvalue weighted by atomic mass is 10.5. The van der Waals surface area contributed by atoms with Crippen LogP contribution in [-0.2, 0) is 0 Å². The van der Waals surface area contributed by atoms with Gasteiger partial charge in [0, 0.05) is 40.1 Å². The highest BCUT2D eigenvalue weighted by molar-refractivity contribution is 9.10. The summed E-state index contributed by atoms with van der Waals surface area (Å²) in [6.45, 7) is 5.43. The van der Waals surface area contributed by atoms with Crippen LogP contribution in [0.5, 0.6) is 0 Å². The Morgan fingerprint density at radius 2 is 0.514 bits per heavy atom. The average Bonchev–Trinajstić information content (AvgIpc) is 2.85. The molecule has 0 aliphatic carbocycles. The SMILES string of the molecule is C[Si](C)(CCC[Si](CCCBr)(CCCBr)CCCBr)CCC[Si](CCCBr)(CCCBr)CCCBr. The Hall–Kier alpha value is 3.53. The van der Waals surface area contributed by atoms with E-state index in [2.05, 4.69) is 109 Å². The number of halogens is 6. The summed E-state index contributed by atoms with van der Waals surface area (Å²) < 4.78 is 0. The molecule has 0 aromatic rings. The Balaban J connectivity index is 5.01. The van der Waals surface area contributed by atoms with Gasteiger partial charge in [-0.2, -0.15) is 0 Å². The van der Waals surface area contributed by atoms with Crippen LogP contribution in [0.15, 0.2) is 0 Å². The van der Waals surface area contributed by atoms with Gasteiger partial charge in [-0.05, 0) is 38.5 Å². The van der Waals surface area contributed by atoms with Crippen molar-refractivity contribution in [3.05, 3.63) is 0 Å². The Labute approximate surface area is 273 Å². The first-order chi connectivity index (χ1) is 16.8. The van der Waals surface area contributed by atoms with E-state index in [1.807, 2.05) is 0 Å². The molecule has 0 rings (SSSR count). The van der Waals surface area contributed by atoms with Gasteiger partial charge in [0.2, 0.25) is 0 Å². The highest BCUT2D eigenvalue weighted by Gasteiger charge is 2.33. The molecular weight excluding hydrogens is 876 g/mol. The van der Waals surface area contributed by atoms with Crippen molar-refractivity contribution in [2.75, 3.05) is 32.0 Å². The first-order valence-corrected chi connectivity index (χ1v) is 29.9. The second-order valence-corrected chi connectivity index (χ2v) is 31.7. The molecule has 0 unspecified atom stereocenters. The standard InChI is InChI=1S/C26H54Br6Si3/c1-33(2,17-9-25-34(19-3-11-27,20-4-12-28)21-5-13-29)18-10-26-35(22-6-14-30,23-7-15-31)24-8-16-32/h3-26H2,1-2H3. The van der Waals surface area contributed by atoms with E-state index >= 15 is 0 Å². The van der Waals surface area contributed by atoms with Crippen LogP contribution in [0.2, 0.25) is 73.5 Å². The highest BCUT2D eigenvalue weighted by atomic mass is 79.9. The zero-order chi connectivity index (χ0) is 26.5. The molecule has 0 atom stereocenters. The lowest BCUT2D eigenvalue weighted by molar-refractivity contribution is 0.870. The summed E-state index contributed by atoms with van der Waals surface area (Å²) in [6.07, 6.45) is 11.4. The van der Waals surface area contributed by atoms with Crippen molar-refractivity contribution >= 4 is 120 Å². The van der Waals surface area contributed by atoms with Crippen LogP contribution in [-0.4, -0.2) is 56.2 Å². The molecule has 9 heteroatoms. The van der Waals surface area contributed by atoms with Crippen molar-refractivity contribution < 1.29 is 0 Å². The highest BCUT2D eigenvalue weighted by Crippen LogP contribution is 2.37. The number of hydrogen-bond acceptors (Lipinski definition) is 0. The van der Waals surface area contributed by atoms with Crippen LogP contribution in [0, 0.1) is 0 Å². The van der Waals surface area contributed by atoms with E-state index in [9.17, 15) is 0 Å². The molecule has 35 heavy (non-hydrogen) atoms. The van der Waals surface area contributed by atoms with Gasteiger partial charge < -0.3 is 0 Å². The van der Waals surface area contributed by atoms with E-state index in [1.165, 1.54) is 83.3 Å². The average molecular weight is 930 g/mol. The second-order valence-electron chi connectivity index (χ2n) is 11.6. The van der Waals surface area contributed by atoms with Crippen LogP contribution in [0.25, 0.3) is 0 Å². The third-order valence-corrected chi connectivity index (χ3v) is 26.3. The van der Waals surface area contributed by atoms with E-state index in [-0.39, 0.29) is 0 Å². The minimum Gasteiger partial charge on any atom is -0.0928 e. The van der Waals surface area contributed by atoms with Crippen molar-refractivity contribution in [3.63, 3.8) is 0 Å². The van der Waals surface area contributed by atoms with E-state index in [0.717, 1.165) is 0 Å². The topological polar surface area (TPSA) is 0 Å². The fourth-order valence-corrected chi connectivity index (χ4v) is 24.6. The zero-order valence-corrected chi connectivity index (χ0v) is 35.3. The maximum atomic E-state index is 3.74. The quantitative estimate of drug-likeness (QED) is 0.0599. The van der Waals surface area contributed by atoms with E-state index in [4.69, 9.17) is 0 Å². The summed E-state index contributed by atoms with van der Waals surface area (Å²) in [5.74, 6) is 0. The molecule has 0 aromatic carbocycles. The Bertz CT molecular complexity index is 398. The van der Waals surface area contributed by atoms with Gasteiger partial charge in [0.25, 0.3) is 0 Å². The predicted molar refractivity (Wildman–Crippen MR) is 197 cm³/mol. The summed E-state index contributed by atoms with van der Waals surface area (Å²) in [7, 11) is -3.38. The summed E-state index contributed by atoms with van der Waals surface area (Å²) >= 11 is 22.4. The maximum Gasteiger partial charge on any atom is 0.0536 e. The van der Waals surface area contributed by atoms with E-state index in [1.54, 1.807) is 60.4 Å². The second kappa shape index (κ2) is 24.2. The third-order valence-electron chi connectivity index (χ3n) is 8.17. The molecule has 0 nitrogen and oxygen atoms in total. The molecule has 0 amide bonds. The van der Waals surface area contributed by atoms with Gasteiger partial charge >= 0.3 is 0 Å². The summed E-state index contributed by atoms with van der Waals surface area (Å²) in [5, 5.41) is 7.14. The number of hydrogen-bond donors (Lipinski definition) is 0. The molecule has 0 saturated heterocycles. The van der Waals surface area contributed by atoms with Crippen molar-refractivity contribution in [1.82, 2.24) is 0 Å². The first-order valence-electron chi connectivity index (χ1n) is 14.1. The molecule has 0 N–H and O–H groups in total. The lowest BCUT2D eigenvalue weighted by Crippen LogP contribution is -2.36. The van der Waals surface area contributed by atoms with Crippen LogP contribution < -0.4 is 0 Å². The summed E-state index contributed by atoms with van der Waals surface area (Å²) in [5.41, 5.74) is 0. The largest absolute Gasteiger partial charge is 0.0928 e. The molecule has 212 valence electrons. The summed E-state index contributed by atoms with van der Waals surface area (Å²) in [6, 6.07) is 15.6. The van der Waals surface area contributed by atoms with E-state index in [0.29, 0.717) is 0 Å². The molecule has 0 heterocycles. The Morgan fingerprint density at radius 3 is 0.714 bits per heavy atom. The smallest absolute Gasteiger partial charge is 0.0536 e. The number of alkyl halides is 6. The zero-order valence-electron chi connectivity index (χ0n) is 22.7. The van der Waals surface area contributed by atoms with Crippen molar-refractivity contribution in [1.29, 1.82) is 0 Å². The number of rotatable bonds is 26. The molecule has 0 saturated carbocycles. The van der Waals surface area contributed by atoms with E-state index < -0.39 is 24.2 Å². The molecule has 0 aromatic heterocycles. The fraction of sp³-hybridized carbons (Fsp3) is 1.00. The predicted octanol–water partition coefficient (Wildman–Crippen LogP) is 13.1. The Morgan fingerprint density at radius 1 is 0.314 bits per heavy atom. The molecule has 0 radical (unpaired) electrons. The van der Waals surface area contributed by atoms with Crippen molar-refractivity contribution in [2.24, 2.45) is 0 Å². The van der Waals surface area contributed by atoms with Gasteiger partial charge in [0.15, 0.2) is 0 Å². The molecular formula is C26H54Br6Si3. The van der Waals surface area contributed by atoms with Gasteiger partial charge in [-0.15, -0.1) is 0 Å².